The Morgan fingerprint density at radius 2 is 2.20 bits per heavy atom. The van der Waals surface area contributed by atoms with Crippen molar-refractivity contribution < 1.29 is 9.90 Å². The largest absolute Gasteiger partial charge is 0.388 e. The summed E-state index contributed by atoms with van der Waals surface area (Å²) in [6.07, 6.45) is 4.81. The lowest BCUT2D eigenvalue weighted by molar-refractivity contribution is -0.134. The van der Waals surface area contributed by atoms with Crippen LogP contribution in [0.25, 0.3) is 0 Å². The summed E-state index contributed by atoms with van der Waals surface area (Å²) in [4.78, 5) is 15.6. The summed E-state index contributed by atoms with van der Waals surface area (Å²) in [5.41, 5.74) is 0.681. The Kier molecular flexibility index (Phi) is 3.63. The molecule has 0 saturated heterocycles. The first-order valence-corrected chi connectivity index (χ1v) is 8.39. The van der Waals surface area contributed by atoms with E-state index >= 15 is 0 Å². The minimum Gasteiger partial charge on any atom is -0.388 e. The maximum atomic E-state index is 12.5. The molecule has 1 aromatic heterocycles. The molecule has 2 fully saturated rings. The van der Waals surface area contributed by atoms with Gasteiger partial charge in [0.2, 0.25) is 5.91 Å². The summed E-state index contributed by atoms with van der Waals surface area (Å²) >= 11 is 1.77. The lowest BCUT2D eigenvalue weighted by Gasteiger charge is -2.28. The second-order valence-electron chi connectivity index (χ2n) is 6.54. The average molecular weight is 293 g/mol. The predicted molar refractivity (Wildman–Crippen MR) is 81.0 cm³/mol. The molecule has 3 nitrogen and oxygen atoms in total. The molecule has 0 aliphatic heterocycles. The van der Waals surface area contributed by atoms with Crippen molar-refractivity contribution in [2.24, 2.45) is 5.92 Å². The lowest BCUT2D eigenvalue weighted by Crippen LogP contribution is -2.42. The van der Waals surface area contributed by atoms with Crippen LogP contribution in [0.5, 0.6) is 0 Å². The monoisotopic (exact) mass is 293 g/mol. The molecular formula is C16H23NO2S. The standard InChI is InChI=1S/C16H23NO2S/c1-11-5-8-20-14(11)12-9-13(12)15(18)17(2)10-16(19)6-3-4-7-16/h5,8,12-13,19H,3-4,6-7,9-10H2,1-2H3. The van der Waals surface area contributed by atoms with E-state index in [1.54, 1.807) is 16.2 Å². The highest BCUT2D eigenvalue weighted by Gasteiger charge is 2.47. The van der Waals surface area contributed by atoms with E-state index in [9.17, 15) is 9.90 Å². The van der Waals surface area contributed by atoms with Crippen LogP contribution < -0.4 is 0 Å². The third kappa shape index (κ3) is 2.63. The SMILES string of the molecule is Cc1ccsc1C1CC1C(=O)N(C)CC1(O)CCCC1. The van der Waals surface area contributed by atoms with Gasteiger partial charge in [-0.3, -0.25) is 4.79 Å². The van der Waals surface area contributed by atoms with Gasteiger partial charge in [0.15, 0.2) is 0 Å². The molecule has 2 aliphatic rings. The number of aryl methyl sites for hydroxylation is 1. The van der Waals surface area contributed by atoms with Gasteiger partial charge in [0, 0.05) is 30.3 Å². The zero-order chi connectivity index (χ0) is 14.3. The highest BCUT2D eigenvalue weighted by molar-refractivity contribution is 7.10. The average Bonchev–Trinajstić information content (AvgIpc) is 2.89. The first kappa shape index (κ1) is 14.1. The van der Waals surface area contributed by atoms with E-state index in [1.165, 1.54) is 10.4 Å². The van der Waals surface area contributed by atoms with Crippen molar-refractivity contribution in [2.75, 3.05) is 13.6 Å². The number of amides is 1. The highest BCUT2D eigenvalue weighted by atomic mass is 32.1. The number of nitrogens with zero attached hydrogens (tertiary/aromatic N) is 1. The van der Waals surface area contributed by atoms with Gasteiger partial charge < -0.3 is 10.0 Å². The van der Waals surface area contributed by atoms with Crippen LogP contribution >= 0.6 is 11.3 Å². The molecule has 1 heterocycles. The quantitative estimate of drug-likeness (QED) is 0.927. The van der Waals surface area contributed by atoms with Crippen molar-refractivity contribution in [2.45, 2.75) is 50.5 Å². The molecule has 2 aliphatic carbocycles. The summed E-state index contributed by atoms with van der Waals surface area (Å²) in [5, 5.41) is 12.5. The molecule has 0 bridgehead atoms. The van der Waals surface area contributed by atoms with Gasteiger partial charge in [0.25, 0.3) is 0 Å². The fourth-order valence-electron chi connectivity index (χ4n) is 3.52. The molecule has 0 aromatic carbocycles. The molecule has 20 heavy (non-hydrogen) atoms. The number of hydrogen-bond acceptors (Lipinski definition) is 3. The van der Waals surface area contributed by atoms with Crippen molar-refractivity contribution in [3.63, 3.8) is 0 Å². The summed E-state index contributed by atoms with van der Waals surface area (Å²) in [6.45, 7) is 2.62. The van der Waals surface area contributed by atoms with Crippen molar-refractivity contribution in [3.8, 4) is 0 Å². The van der Waals surface area contributed by atoms with Gasteiger partial charge in [-0.05, 0) is 43.2 Å². The molecule has 110 valence electrons. The van der Waals surface area contributed by atoms with Crippen LogP contribution in [0.4, 0.5) is 0 Å². The molecule has 3 rings (SSSR count). The molecular weight excluding hydrogens is 270 g/mol. The lowest BCUT2D eigenvalue weighted by atomic mass is 10.0. The normalized spacial score (nSPS) is 27.6. The Morgan fingerprint density at radius 3 is 2.80 bits per heavy atom. The number of hydrogen-bond donors (Lipinski definition) is 1. The van der Waals surface area contributed by atoms with Gasteiger partial charge >= 0.3 is 0 Å². The summed E-state index contributed by atoms with van der Waals surface area (Å²) in [7, 11) is 1.84. The van der Waals surface area contributed by atoms with Crippen molar-refractivity contribution >= 4 is 17.2 Å². The second-order valence-corrected chi connectivity index (χ2v) is 7.49. The molecule has 1 aromatic rings. The maximum absolute atomic E-state index is 12.5. The van der Waals surface area contributed by atoms with E-state index in [0.29, 0.717) is 12.5 Å². The third-order valence-corrected chi connectivity index (χ3v) is 5.94. The second kappa shape index (κ2) is 5.15. The number of carbonyl (C=O) groups is 1. The van der Waals surface area contributed by atoms with Crippen LogP contribution in [0.1, 0.15) is 48.5 Å². The van der Waals surface area contributed by atoms with Crippen molar-refractivity contribution in [1.29, 1.82) is 0 Å². The first-order valence-electron chi connectivity index (χ1n) is 7.51. The van der Waals surface area contributed by atoms with E-state index in [4.69, 9.17) is 0 Å². The Hall–Kier alpha value is -0.870. The maximum Gasteiger partial charge on any atom is 0.226 e. The van der Waals surface area contributed by atoms with Gasteiger partial charge in [-0.1, -0.05) is 12.8 Å². The van der Waals surface area contributed by atoms with Crippen LogP contribution in [-0.4, -0.2) is 35.1 Å². The molecule has 2 atom stereocenters. The molecule has 0 radical (unpaired) electrons. The summed E-state index contributed by atoms with van der Waals surface area (Å²) in [5.74, 6) is 0.772. The van der Waals surface area contributed by atoms with Gasteiger partial charge in [-0.15, -0.1) is 11.3 Å². The molecule has 2 unspecified atom stereocenters. The molecule has 1 amide bonds. The molecule has 1 N–H and O–H groups in total. The Bertz CT molecular complexity index is 504. The third-order valence-electron chi connectivity index (χ3n) is 4.79. The van der Waals surface area contributed by atoms with Gasteiger partial charge in [0.1, 0.15) is 0 Å². The van der Waals surface area contributed by atoms with Crippen LogP contribution in [0, 0.1) is 12.8 Å². The van der Waals surface area contributed by atoms with Crippen LogP contribution in [0.15, 0.2) is 11.4 Å². The summed E-state index contributed by atoms with van der Waals surface area (Å²) < 4.78 is 0. The van der Waals surface area contributed by atoms with Gasteiger partial charge in [-0.25, -0.2) is 0 Å². The highest BCUT2D eigenvalue weighted by Crippen LogP contribution is 2.51. The fraction of sp³-hybridized carbons (Fsp3) is 0.688. The van der Waals surface area contributed by atoms with Gasteiger partial charge in [-0.2, -0.15) is 0 Å². The fourth-order valence-corrected chi connectivity index (χ4v) is 4.62. The Labute approximate surface area is 124 Å². The Balaban J connectivity index is 1.59. The summed E-state index contributed by atoms with van der Waals surface area (Å²) in [6, 6.07) is 2.13. The van der Waals surface area contributed by atoms with E-state index in [2.05, 4.69) is 18.4 Å². The number of aliphatic hydroxyl groups is 1. The van der Waals surface area contributed by atoms with Crippen LogP contribution in [0.3, 0.4) is 0 Å². The van der Waals surface area contributed by atoms with Crippen molar-refractivity contribution in [3.05, 3.63) is 21.9 Å². The number of rotatable bonds is 4. The first-order chi connectivity index (χ1) is 9.50. The topological polar surface area (TPSA) is 40.5 Å². The van der Waals surface area contributed by atoms with Crippen LogP contribution in [0.2, 0.25) is 0 Å². The number of likely N-dealkylation sites (N-methyl/N-ethyl adjacent to an activating group) is 1. The number of carbonyl (C=O) groups excluding carboxylic acids is 1. The van der Waals surface area contributed by atoms with Gasteiger partial charge in [0.05, 0.1) is 5.60 Å². The molecule has 2 saturated carbocycles. The predicted octanol–water partition coefficient (Wildman–Crippen LogP) is 2.92. The zero-order valence-electron chi connectivity index (χ0n) is 12.3. The van der Waals surface area contributed by atoms with E-state index in [-0.39, 0.29) is 11.8 Å². The van der Waals surface area contributed by atoms with E-state index in [0.717, 1.165) is 32.1 Å². The smallest absolute Gasteiger partial charge is 0.226 e. The number of thiophene rings is 1. The minimum absolute atomic E-state index is 0.141. The van der Waals surface area contributed by atoms with Crippen LogP contribution in [-0.2, 0) is 4.79 Å². The van der Waals surface area contributed by atoms with E-state index < -0.39 is 5.60 Å². The van der Waals surface area contributed by atoms with E-state index in [1.807, 2.05) is 7.05 Å². The minimum atomic E-state index is -0.631. The molecule has 0 spiro atoms. The van der Waals surface area contributed by atoms with Crippen molar-refractivity contribution in [1.82, 2.24) is 4.90 Å². The zero-order valence-corrected chi connectivity index (χ0v) is 13.1. The Morgan fingerprint density at radius 1 is 1.50 bits per heavy atom. The molecule has 4 heteroatoms.